The van der Waals surface area contributed by atoms with Crippen molar-refractivity contribution < 1.29 is 9.59 Å². The van der Waals surface area contributed by atoms with E-state index in [-0.39, 0.29) is 18.4 Å². The van der Waals surface area contributed by atoms with Gasteiger partial charge in [0.05, 0.1) is 17.1 Å². The number of carbonyl (C=O) groups excluding carboxylic acids is 2. The molecule has 0 bridgehead atoms. The summed E-state index contributed by atoms with van der Waals surface area (Å²) in [4.78, 5) is 25.2. The van der Waals surface area contributed by atoms with Gasteiger partial charge in [0.15, 0.2) is 0 Å². The van der Waals surface area contributed by atoms with Crippen LogP contribution in [0.1, 0.15) is 23.7 Å². The first-order valence-electron chi connectivity index (χ1n) is 6.04. The molecule has 19 heavy (non-hydrogen) atoms. The fourth-order valence-electron chi connectivity index (χ4n) is 1.65. The average molecular weight is 284 g/mol. The van der Waals surface area contributed by atoms with E-state index in [2.05, 4.69) is 5.32 Å². The van der Waals surface area contributed by atoms with Crippen molar-refractivity contribution in [1.29, 1.82) is 0 Å². The highest BCUT2D eigenvalue weighted by atomic mass is 35.5. The van der Waals surface area contributed by atoms with Crippen LogP contribution in [0, 0.1) is 0 Å². The summed E-state index contributed by atoms with van der Waals surface area (Å²) >= 11 is 6.00. The molecule has 0 aliphatic carbocycles. The van der Waals surface area contributed by atoms with Gasteiger partial charge in [-0.1, -0.05) is 18.5 Å². The minimum absolute atomic E-state index is 0.00824. The van der Waals surface area contributed by atoms with Crippen LogP contribution in [0.4, 0.5) is 5.69 Å². The minimum Gasteiger partial charge on any atom is -0.399 e. The fraction of sp³-hybridized carbons (Fsp3) is 0.385. The molecular weight excluding hydrogens is 266 g/mol. The second kappa shape index (κ2) is 6.99. The van der Waals surface area contributed by atoms with Crippen LogP contribution in [0.3, 0.4) is 0 Å². The summed E-state index contributed by atoms with van der Waals surface area (Å²) in [7, 11) is 1.53. The van der Waals surface area contributed by atoms with Crippen molar-refractivity contribution in [1.82, 2.24) is 10.2 Å². The maximum Gasteiger partial charge on any atom is 0.255 e. The van der Waals surface area contributed by atoms with Gasteiger partial charge in [0.2, 0.25) is 5.91 Å². The summed E-state index contributed by atoms with van der Waals surface area (Å²) in [5.41, 5.74) is 6.44. The maximum atomic E-state index is 12.4. The van der Waals surface area contributed by atoms with Gasteiger partial charge in [-0.2, -0.15) is 0 Å². The van der Waals surface area contributed by atoms with Crippen LogP contribution in [0.25, 0.3) is 0 Å². The molecule has 0 saturated heterocycles. The largest absolute Gasteiger partial charge is 0.399 e. The molecule has 0 aliphatic heterocycles. The number of likely N-dealkylation sites (N-methyl/N-ethyl adjacent to an activating group) is 1. The summed E-state index contributed by atoms with van der Waals surface area (Å²) in [5, 5.41) is 2.83. The zero-order chi connectivity index (χ0) is 14.4. The smallest absolute Gasteiger partial charge is 0.255 e. The number of anilines is 1. The molecule has 104 valence electrons. The molecule has 1 aromatic carbocycles. The van der Waals surface area contributed by atoms with Gasteiger partial charge in [-0.3, -0.25) is 9.59 Å². The topological polar surface area (TPSA) is 75.4 Å². The maximum absolute atomic E-state index is 12.4. The summed E-state index contributed by atoms with van der Waals surface area (Å²) in [6.07, 6.45) is 0.753. The number of nitrogen functional groups attached to an aromatic ring is 1. The highest BCUT2D eigenvalue weighted by molar-refractivity contribution is 6.34. The van der Waals surface area contributed by atoms with E-state index in [0.717, 1.165) is 6.42 Å². The van der Waals surface area contributed by atoms with Gasteiger partial charge in [0, 0.05) is 19.3 Å². The van der Waals surface area contributed by atoms with Crippen LogP contribution in [-0.2, 0) is 4.79 Å². The number of nitrogens with two attached hydrogens (primary N) is 1. The molecule has 1 aromatic rings. The normalized spacial score (nSPS) is 10.1. The highest BCUT2D eigenvalue weighted by Gasteiger charge is 2.20. The molecule has 0 aliphatic rings. The lowest BCUT2D eigenvalue weighted by Crippen LogP contribution is -2.40. The van der Waals surface area contributed by atoms with Crippen LogP contribution in [0.2, 0.25) is 5.02 Å². The molecule has 0 unspecified atom stereocenters. The van der Waals surface area contributed by atoms with E-state index in [1.807, 2.05) is 6.92 Å². The van der Waals surface area contributed by atoms with E-state index in [4.69, 9.17) is 17.3 Å². The quantitative estimate of drug-likeness (QED) is 0.805. The number of nitrogens with zero attached hydrogens (tertiary/aromatic N) is 1. The fourth-order valence-corrected chi connectivity index (χ4v) is 1.85. The molecule has 0 spiro atoms. The van der Waals surface area contributed by atoms with E-state index in [0.29, 0.717) is 22.8 Å². The molecule has 0 saturated carbocycles. The third kappa shape index (κ3) is 4.13. The highest BCUT2D eigenvalue weighted by Crippen LogP contribution is 2.20. The number of amides is 2. The predicted octanol–water partition coefficient (Wildman–Crippen LogP) is 1.52. The van der Waals surface area contributed by atoms with Crippen LogP contribution >= 0.6 is 11.6 Å². The second-order valence-electron chi connectivity index (χ2n) is 4.14. The molecule has 0 radical (unpaired) electrons. The monoisotopic (exact) mass is 283 g/mol. The first-order chi connectivity index (χ1) is 8.99. The Labute approximate surface area is 117 Å². The third-order valence-corrected chi connectivity index (χ3v) is 2.94. The van der Waals surface area contributed by atoms with Crippen molar-refractivity contribution in [3.63, 3.8) is 0 Å². The second-order valence-corrected chi connectivity index (χ2v) is 4.55. The van der Waals surface area contributed by atoms with Gasteiger partial charge >= 0.3 is 0 Å². The standard InChI is InChI=1S/C13H18ClN3O2/c1-3-6-17(8-12(18)16-2)13(19)10-7-9(15)4-5-11(10)14/h4-5,7H,3,6,8,15H2,1-2H3,(H,16,18). The van der Waals surface area contributed by atoms with Gasteiger partial charge in [-0.25, -0.2) is 0 Å². The predicted molar refractivity (Wildman–Crippen MR) is 76.1 cm³/mol. The van der Waals surface area contributed by atoms with Crippen molar-refractivity contribution >= 4 is 29.1 Å². The number of benzene rings is 1. The number of hydrogen-bond donors (Lipinski definition) is 2. The molecule has 0 atom stereocenters. The van der Waals surface area contributed by atoms with Crippen LogP contribution < -0.4 is 11.1 Å². The van der Waals surface area contributed by atoms with Crippen molar-refractivity contribution in [3.05, 3.63) is 28.8 Å². The lowest BCUT2D eigenvalue weighted by molar-refractivity contribution is -0.121. The van der Waals surface area contributed by atoms with Crippen LogP contribution in [-0.4, -0.2) is 36.9 Å². The first kappa shape index (κ1) is 15.3. The number of hydrogen-bond acceptors (Lipinski definition) is 3. The minimum atomic E-state index is -0.289. The van der Waals surface area contributed by atoms with Gasteiger partial charge < -0.3 is 16.0 Å². The van der Waals surface area contributed by atoms with Crippen molar-refractivity contribution in [2.75, 3.05) is 25.9 Å². The van der Waals surface area contributed by atoms with E-state index < -0.39 is 0 Å². The Hall–Kier alpha value is -1.75. The van der Waals surface area contributed by atoms with Crippen molar-refractivity contribution in [3.8, 4) is 0 Å². The lowest BCUT2D eigenvalue weighted by atomic mass is 10.1. The van der Waals surface area contributed by atoms with Gasteiger partial charge in [0.25, 0.3) is 5.91 Å². The van der Waals surface area contributed by atoms with E-state index in [1.54, 1.807) is 12.1 Å². The molecule has 5 nitrogen and oxygen atoms in total. The molecule has 2 amide bonds. The molecule has 0 fully saturated rings. The van der Waals surface area contributed by atoms with E-state index in [1.165, 1.54) is 18.0 Å². The summed E-state index contributed by atoms with van der Waals surface area (Å²) in [6, 6.07) is 4.73. The molecule has 3 N–H and O–H groups in total. The van der Waals surface area contributed by atoms with Gasteiger partial charge in [0.1, 0.15) is 0 Å². The Morgan fingerprint density at radius 3 is 2.68 bits per heavy atom. The Balaban J connectivity index is 2.98. The third-order valence-electron chi connectivity index (χ3n) is 2.61. The molecular formula is C13H18ClN3O2. The Morgan fingerprint density at radius 2 is 2.11 bits per heavy atom. The number of carbonyl (C=O) groups is 2. The molecule has 1 rings (SSSR count). The Bertz CT molecular complexity index is 477. The Kier molecular flexibility index (Phi) is 5.63. The van der Waals surface area contributed by atoms with Crippen LogP contribution in [0.5, 0.6) is 0 Å². The summed E-state index contributed by atoms with van der Waals surface area (Å²) in [5.74, 6) is -0.510. The number of halogens is 1. The summed E-state index contributed by atoms with van der Waals surface area (Å²) in [6.45, 7) is 2.43. The Morgan fingerprint density at radius 1 is 1.42 bits per heavy atom. The van der Waals surface area contributed by atoms with E-state index in [9.17, 15) is 9.59 Å². The zero-order valence-electron chi connectivity index (χ0n) is 11.1. The lowest BCUT2D eigenvalue weighted by Gasteiger charge is -2.21. The molecule has 6 heteroatoms. The number of nitrogens with one attached hydrogen (secondary N) is 1. The SMILES string of the molecule is CCCN(CC(=O)NC)C(=O)c1cc(N)ccc1Cl. The number of rotatable bonds is 5. The summed E-state index contributed by atoms with van der Waals surface area (Å²) < 4.78 is 0. The molecule has 0 aromatic heterocycles. The van der Waals surface area contributed by atoms with Gasteiger partial charge in [-0.15, -0.1) is 0 Å². The van der Waals surface area contributed by atoms with Crippen molar-refractivity contribution in [2.45, 2.75) is 13.3 Å². The van der Waals surface area contributed by atoms with E-state index >= 15 is 0 Å². The average Bonchev–Trinajstić information content (AvgIpc) is 2.40. The molecule has 0 heterocycles. The first-order valence-corrected chi connectivity index (χ1v) is 6.42. The van der Waals surface area contributed by atoms with Crippen molar-refractivity contribution in [2.24, 2.45) is 0 Å². The van der Waals surface area contributed by atoms with Gasteiger partial charge in [-0.05, 0) is 24.6 Å². The van der Waals surface area contributed by atoms with Crippen LogP contribution in [0.15, 0.2) is 18.2 Å². The zero-order valence-corrected chi connectivity index (χ0v) is 11.8.